The summed E-state index contributed by atoms with van der Waals surface area (Å²) in [5, 5.41) is 12.4. The highest BCUT2D eigenvalue weighted by molar-refractivity contribution is 5.95. The number of rotatable bonds is 5. The maximum atomic E-state index is 14.2. The van der Waals surface area contributed by atoms with E-state index in [0.717, 1.165) is 5.56 Å². The Hall–Kier alpha value is -3.55. The van der Waals surface area contributed by atoms with Gasteiger partial charge in [0.1, 0.15) is 11.4 Å². The number of aromatic carboxylic acids is 1. The number of nitrogens with zero attached hydrogens (tertiary/aromatic N) is 4. The predicted octanol–water partition coefficient (Wildman–Crippen LogP) is 4.52. The van der Waals surface area contributed by atoms with Gasteiger partial charge >= 0.3 is 5.97 Å². The van der Waals surface area contributed by atoms with E-state index in [0.29, 0.717) is 17.2 Å². The summed E-state index contributed by atoms with van der Waals surface area (Å²) < 4.78 is 14.2. The first-order valence-electron chi connectivity index (χ1n) is 9.12. The largest absolute Gasteiger partial charge is 0.478 e. The van der Waals surface area contributed by atoms with Crippen LogP contribution in [0.4, 0.5) is 21.6 Å². The SMILES string of the molecule is CC.Cc1ccc(F)c(-c2ncc(N(C)C)c(Nc3ccncc3C(=O)O)n2)c1. The van der Waals surface area contributed by atoms with Crippen LogP contribution in [0, 0.1) is 12.7 Å². The summed E-state index contributed by atoms with van der Waals surface area (Å²) in [4.78, 5) is 25.8. The van der Waals surface area contributed by atoms with Gasteiger partial charge in [-0.15, -0.1) is 0 Å². The molecule has 0 saturated heterocycles. The van der Waals surface area contributed by atoms with Gasteiger partial charge in [0.2, 0.25) is 0 Å². The van der Waals surface area contributed by atoms with Crippen molar-refractivity contribution in [2.45, 2.75) is 20.8 Å². The number of hydrogen-bond acceptors (Lipinski definition) is 6. The summed E-state index contributed by atoms with van der Waals surface area (Å²) in [7, 11) is 3.61. The third-order valence-electron chi connectivity index (χ3n) is 3.92. The first kappa shape index (κ1) is 21.7. The van der Waals surface area contributed by atoms with Gasteiger partial charge in [0.15, 0.2) is 11.6 Å². The minimum Gasteiger partial charge on any atom is -0.478 e. The fraction of sp³-hybridized carbons (Fsp3) is 0.238. The minimum absolute atomic E-state index is 0.00380. The zero-order valence-electron chi connectivity index (χ0n) is 17.1. The second-order valence-corrected chi connectivity index (χ2v) is 6.16. The first-order valence-corrected chi connectivity index (χ1v) is 9.12. The quantitative estimate of drug-likeness (QED) is 0.654. The van der Waals surface area contributed by atoms with E-state index in [1.165, 1.54) is 24.5 Å². The number of carboxylic acid groups (broad SMARTS) is 1. The van der Waals surface area contributed by atoms with E-state index in [2.05, 4.69) is 20.3 Å². The molecule has 2 heterocycles. The number of hydrogen-bond donors (Lipinski definition) is 2. The number of anilines is 3. The van der Waals surface area contributed by atoms with E-state index in [9.17, 15) is 14.3 Å². The summed E-state index contributed by atoms with van der Waals surface area (Å²) in [6.07, 6.45) is 4.29. The van der Waals surface area contributed by atoms with Crippen LogP contribution in [0.25, 0.3) is 11.4 Å². The number of nitrogens with one attached hydrogen (secondary N) is 1. The normalized spacial score (nSPS) is 10.0. The van der Waals surface area contributed by atoms with E-state index >= 15 is 0 Å². The van der Waals surface area contributed by atoms with Crippen LogP contribution in [-0.2, 0) is 0 Å². The maximum Gasteiger partial charge on any atom is 0.339 e. The second kappa shape index (κ2) is 9.59. The molecule has 2 aromatic heterocycles. The van der Waals surface area contributed by atoms with Crippen molar-refractivity contribution in [3.05, 3.63) is 59.8 Å². The van der Waals surface area contributed by atoms with Gasteiger partial charge in [-0.25, -0.2) is 19.2 Å². The van der Waals surface area contributed by atoms with Gasteiger partial charge in [0.05, 0.1) is 23.1 Å². The van der Waals surface area contributed by atoms with Crippen molar-refractivity contribution >= 4 is 23.2 Å². The summed E-state index contributed by atoms with van der Waals surface area (Å²) in [6, 6.07) is 6.24. The van der Waals surface area contributed by atoms with Crippen molar-refractivity contribution in [1.82, 2.24) is 15.0 Å². The van der Waals surface area contributed by atoms with E-state index in [4.69, 9.17) is 0 Å². The Kier molecular flexibility index (Phi) is 7.19. The number of carboxylic acids is 1. The van der Waals surface area contributed by atoms with Crippen LogP contribution < -0.4 is 10.2 Å². The topological polar surface area (TPSA) is 91.2 Å². The van der Waals surface area contributed by atoms with Gasteiger partial charge in [-0.1, -0.05) is 25.5 Å². The summed E-state index contributed by atoms with van der Waals surface area (Å²) in [5.41, 5.74) is 2.11. The minimum atomic E-state index is -1.11. The van der Waals surface area contributed by atoms with E-state index < -0.39 is 11.8 Å². The predicted molar refractivity (Wildman–Crippen MR) is 112 cm³/mol. The van der Waals surface area contributed by atoms with Crippen LogP contribution in [0.1, 0.15) is 29.8 Å². The average molecular weight is 397 g/mol. The molecule has 0 bridgehead atoms. The molecule has 0 amide bonds. The second-order valence-electron chi connectivity index (χ2n) is 6.16. The maximum absolute atomic E-state index is 14.2. The Morgan fingerprint density at radius 2 is 1.90 bits per heavy atom. The Balaban J connectivity index is 0.00000145. The Morgan fingerprint density at radius 3 is 2.55 bits per heavy atom. The molecule has 3 aromatic rings. The molecule has 0 fully saturated rings. The van der Waals surface area contributed by atoms with Crippen molar-refractivity contribution in [3.63, 3.8) is 0 Å². The smallest absolute Gasteiger partial charge is 0.339 e. The number of pyridine rings is 1. The molecule has 152 valence electrons. The molecule has 2 N–H and O–H groups in total. The fourth-order valence-electron chi connectivity index (χ4n) is 2.54. The lowest BCUT2D eigenvalue weighted by atomic mass is 10.1. The number of halogens is 1. The molecule has 3 rings (SSSR count). The van der Waals surface area contributed by atoms with E-state index in [-0.39, 0.29) is 17.0 Å². The monoisotopic (exact) mass is 397 g/mol. The van der Waals surface area contributed by atoms with Crippen LogP contribution >= 0.6 is 0 Å². The summed E-state index contributed by atoms with van der Waals surface area (Å²) in [5.74, 6) is -0.981. The van der Waals surface area contributed by atoms with Crippen molar-refractivity contribution in [1.29, 1.82) is 0 Å². The van der Waals surface area contributed by atoms with Crippen molar-refractivity contribution in [3.8, 4) is 11.4 Å². The van der Waals surface area contributed by atoms with Gasteiger partial charge in [0, 0.05) is 26.5 Å². The Labute approximate surface area is 169 Å². The molecule has 0 atom stereocenters. The van der Waals surface area contributed by atoms with Crippen molar-refractivity contribution in [2.24, 2.45) is 0 Å². The van der Waals surface area contributed by atoms with Gasteiger partial charge in [-0.05, 0) is 25.1 Å². The molecular formula is C21H24FN5O2. The highest BCUT2D eigenvalue weighted by Crippen LogP contribution is 2.30. The number of aromatic nitrogens is 3. The number of carbonyl (C=O) groups is 1. The zero-order valence-corrected chi connectivity index (χ0v) is 17.1. The van der Waals surface area contributed by atoms with E-state index in [1.807, 2.05) is 20.8 Å². The van der Waals surface area contributed by atoms with Crippen LogP contribution in [0.15, 0.2) is 42.9 Å². The Morgan fingerprint density at radius 1 is 1.17 bits per heavy atom. The van der Waals surface area contributed by atoms with Gasteiger partial charge in [-0.3, -0.25) is 4.98 Å². The fourth-order valence-corrected chi connectivity index (χ4v) is 2.54. The number of benzene rings is 1. The third kappa shape index (κ3) is 5.04. The standard InChI is InChI=1S/C19H18FN5O2.C2H6/c1-11-4-5-14(20)12(8-11)17-22-10-16(25(2)3)18(24-17)23-15-6-7-21-9-13(15)19(26)27;1-2/h4-10H,1-3H3,(H,26,27)(H,21,22,23,24);1-2H3. The highest BCUT2D eigenvalue weighted by atomic mass is 19.1. The molecule has 0 saturated carbocycles. The lowest BCUT2D eigenvalue weighted by Crippen LogP contribution is -2.14. The average Bonchev–Trinajstić information content (AvgIpc) is 2.71. The van der Waals surface area contributed by atoms with Crippen LogP contribution in [0.2, 0.25) is 0 Å². The molecule has 1 aromatic carbocycles. The van der Waals surface area contributed by atoms with E-state index in [1.54, 1.807) is 37.3 Å². The lowest BCUT2D eigenvalue weighted by Gasteiger charge is -2.18. The molecule has 0 aliphatic rings. The van der Waals surface area contributed by atoms with Crippen LogP contribution in [-0.4, -0.2) is 40.1 Å². The molecule has 0 aliphatic carbocycles. The third-order valence-corrected chi connectivity index (χ3v) is 3.92. The molecule has 8 heteroatoms. The lowest BCUT2D eigenvalue weighted by molar-refractivity contribution is 0.0697. The molecule has 0 aliphatic heterocycles. The van der Waals surface area contributed by atoms with Crippen molar-refractivity contribution < 1.29 is 14.3 Å². The Bertz CT molecular complexity index is 1010. The molecule has 0 spiro atoms. The van der Waals surface area contributed by atoms with Gasteiger partial charge in [0.25, 0.3) is 0 Å². The van der Waals surface area contributed by atoms with Crippen LogP contribution in [0.5, 0.6) is 0 Å². The molecule has 29 heavy (non-hydrogen) atoms. The molecule has 0 radical (unpaired) electrons. The molecular weight excluding hydrogens is 373 g/mol. The molecule has 0 unspecified atom stereocenters. The van der Waals surface area contributed by atoms with Crippen LogP contribution in [0.3, 0.4) is 0 Å². The van der Waals surface area contributed by atoms with Crippen molar-refractivity contribution in [2.75, 3.05) is 24.3 Å². The highest BCUT2D eigenvalue weighted by Gasteiger charge is 2.16. The molecule has 7 nitrogen and oxygen atoms in total. The summed E-state index contributed by atoms with van der Waals surface area (Å²) >= 11 is 0. The zero-order chi connectivity index (χ0) is 21.6. The van der Waals surface area contributed by atoms with Gasteiger partial charge in [-0.2, -0.15) is 0 Å². The number of aryl methyl sites for hydroxylation is 1. The van der Waals surface area contributed by atoms with Gasteiger partial charge < -0.3 is 15.3 Å². The first-order chi connectivity index (χ1) is 13.9. The summed E-state index contributed by atoms with van der Waals surface area (Å²) in [6.45, 7) is 5.85.